The maximum atomic E-state index is 13.3. The largest absolute Gasteiger partial charge is 0.399 e. The van der Waals surface area contributed by atoms with E-state index < -0.39 is 0 Å². The first-order valence-electron chi connectivity index (χ1n) is 3.74. The zero-order valence-corrected chi connectivity index (χ0v) is 8.25. The summed E-state index contributed by atoms with van der Waals surface area (Å²) in [5.41, 5.74) is 5.96. The van der Waals surface area contributed by atoms with Crippen molar-refractivity contribution >= 4 is 38.7 Å². The number of alkyl halides is 1. The molecule has 0 saturated heterocycles. The summed E-state index contributed by atoms with van der Waals surface area (Å²) in [5, 5.41) is 0.606. The Morgan fingerprint density at radius 2 is 2.15 bits per heavy atom. The number of fused-ring (bicyclic) bond motifs is 1. The molecule has 0 spiro atoms. The van der Waals surface area contributed by atoms with Gasteiger partial charge in [0.05, 0.1) is 5.88 Å². The monoisotopic (exact) mass is 215 g/mol. The van der Waals surface area contributed by atoms with Gasteiger partial charge in [0.15, 0.2) is 0 Å². The summed E-state index contributed by atoms with van der Waals surface area (Å²) in [7, 11) is 0. The van der Waals surface area contributed by atoms with Gasteiger partial charge in [-0.3, -0.25) is 0 Å². The molecule has 2 N–H and O–H groups in total. The molecule has 0 bridgehead atoms. The smallest absolute Gasteiger partial charge is 0.133 e. The Morgan fingerprint density at radius 3 is 2.85 bits per heavy atom. The van der Waals surface area contributed by atoms with Gasteiger partial charge in [0, 0.05) is 20.7 Å². The number of thiophene rings is 1. The zero-order valence-electron chi connectivity index (χ0n) is 6.68. The number of hydrogen-bond donors (Lipinski definition) is 1. The first kappa shape index (κ1) is 8.78. The number of hydrogen-bond acceptors (Lipinski definition) is 2. The van der Waals surface area contributed by atoms with Crippen molar-refractivity contribution in [3.05, 3.63) is 28.9 Å². The minimum atomic E-state index is -0.275. The fourth-order valence-corrected chi connectivity index (χ4v) is 2.45. The maximum Gasteiger partial charge on any atom is 0.133 e. The molecule has 0 unspecified atom stereocenters. The van der Waals surface area contributed by atoms with Crippen LogP contribution in [0.25, 0.3) is 10.1 Å². The van der Waals surface area contributed by atoms with Crippen molar-refractivity contribution in [2.75, 3.05) is 5.73 Å². The van der Waals surface area contributed by atoms with Gasteiger partial charge < -0.3 is 5.73 Å². The van der Waals surface area contributed by atoms with E-state index in [1.54, 1.807) is 12.1 Å². The molecular weight excluding hydrogens is 209 g/mol. The number of rotatable bonds is 1. The minimum absolute atomic E-state index is 0.275. The Bertz CT molecular complexity index is 452. The second-order valence-corrected chi connectivity index (χ2v) is 4.20. The first-order valence-corrected chi connectivity index (χ1v) is 5.09. The van der Waals surface area contributed by atoms with Gasteiger partial charge in [-0.25, -0.2) is 4.39 Å². The van der Waals surface area contributed by atoms with Crippen molar-refractivity contribution < 1.29 is 4.39 Å². The average molecular weight is 216 g/mol. The van der Waals surface area contributed by atoms with Crippen LogP contribution in [0.2, 0.25) is 0 Å². The van der Waals surface area contributed by atoms with E-state index in [4.69, 9.17) is 17.3 Å². The van der Waals surface area contributed by atoms with Crippen LogP contribution in [0, 0.1) is 5.82 Å². The molecule has 1 nitrogen and oxygen atoms in total. The highest BCUT2D eigenvalue weighted by molar-refractivity contribution is 7.19. The Balaban J connectivity index is 2.75. The topological polar surface area (TPSA) is 26.0 Å². The first-order chi connectivity index (χ1) is 6.20. The van der Waals surface area contributed by atoms with E-state index in [9.17, 15) is 4.39 Å². The molecule has 0 aliphatic heterocycles. The van der Waals surface area contributed by atoms with Gasteiger partial charge in [-0.2, -0.15) is 0 Å². The van der Waals surface area contributed by atoms with Gasteiger partial charge in [0.1, 0.15) is 5.82 Å². The van der Waals surface area contributed by atoms with Crippen LogP contribution in [0.3, 0.4) is 0 Å². The van der Waals surface area contributed by atoms with E-state index in [1.807, 2.05) is 0 Å². The third-order valence-corrected chi connectivity index (χ3v) is 3.32. The van der Waals surface area contributed by atoms with Gasteiger partial charge in [0.2, 0.25) is 0 Å². The lowest BCUT2D eigenvalue weighted by Gasteiger charge is -1.94. The highest BCUT2D eigenvalue weighted by Gasteiger charge is 2.06. The van der Waals surface area contributed by atoms with Crippen LogP contribution in [0.5, 0.6) is 0 Å². The zero-order chi connectivity index (χ0) is 9.42. The molecule has 13 heavy (non-hydrogen) atoms. The molecule has 68 valence electrons. The Labute approximate surface area is 83.9 Å². The summed E-state index contributed by atoms with van der Waals surface area (Å²) in [6.45, 7) is 0. The van der Waals surface area contributed by atoms with Crippen LogP contribution in [0.4, 0.5) is 10.1 Å². The van der Waals surface area contributed by atoms with Crippen molar-refractivity contribution in [1.29, 1.82) is 0 Å². The van der Waals surface area contributed by atoms with Crippen molar-refractivity contribution in [3.8, 4) is 0 Å². The van der Waals surface area contributed by atoms with Crippen molar-refractivity contribution in [1.82, 2.24) is 0 Å². The number of anilines is 1. The highest BCUT2D eigenvalue weighted by atomic mass is 35.5. The van der Waals surface area contributed by atoms with Crippen LogP contribution in [0.1, 0.15) is 4.88 Å². The average Bonchev–Trinajstić information content (AvgIpc) is 2.47. The summed E-state index contributed by atoms with van der Waals surface area (Å²) in [6, 6.07) is 4.86. The Morgan fingerprint density at radius 1 is 1.38 bits per heavy atom. The molecule has 0 saturated carbocycles. The summed E-state index contributed by atoms with van der Waals surface area (Å²) >= 11 is 7.12. The standard InChI is InChI=1S/C9H7ClFNS/c10-4-6-3-7-8(11)1-5(12)2-9(7)13-6/h1-3H,4,12H2. The predicted molar refractivity (Wildman–Crippen MR) is 55.8 cm³/mol. The van der Waals surface area contributed by atoms with E-state index >= 15 is 0 Å². The van der Waals surface area contributed by atoms with Crippen LogP contribution < -0.4 is 5.73 Å². The third-order valence-electron chi connectivity index (χ3n) is 1.79. The molecule has 2 aromatic rings. The van der Waals surface area contributed by atoms with Gasteiger partial charge in [-0.15, -0.1) is 22.9 Å². The molecule has 1 heterocycles. The summed E-state index contributed by atoms with van der Waals surface area (Å²) in [4.78, 5) is 0.959. The molecular formula is C9H7ClFNS. The fourth-order valence-electron chi connectivity index (χ4n) is 1.23. The van der Waals surface area contributed by atoms with Gasteiger partial charge in [-0.05, 0) is 18.2 Å². The Hall–Kier alpha value is -0.800. The second-order valence-electron chi connectivity index (χ2n) is 2.76. The van der Waals surface area contributed by atoms with Crippen LogP contribution >= 0.6 is 22.9 Å². The summed E-state index contributed by atoms with van der Waals surface area (Å²) < 4.78 is 14.1. The van der Waals surface area contributed by atoms with Crippen LogP contribution in [-0.4, -0.2) is 0 Å². The second kappa shape index (κ2) is 3.16. The third kappa shape index (κ3) is 1.49. The normalized spacial score (nSPS) is 10.9. The number of benzene rings is 1. The molecule has 1 aromatic carbocycles. The van der Waals surface area contributed by atoms with E-state index in [0.29, 0.717) is 17.0 Å². The predicted octanol–water partition coefficient (Wildman–Crippen LogP) is 3.36. The molecule has 0 amide bonds. The minimum Gasteiger partial charge on any atom is -0.399 e. The molecule has 0 aliphatic carbocycles. The number of halogens is 2. The van der Waals surface area contributed by atoms with E-state index in [-0.39, 0.29) is 5.82 Å². The fraction of sp³-hybridized carbons (Fsp3) is 0.111. The summed E-state index contributed by atoms with van der Waals surface area (Å²) in [6.07, 6.45) is 0. The molecule has 0 atom stereocenters. The van der Waals surface area contributed by atoms with Gasteiger partial charge in [-0.1, -0.05) is 0 Å². The molecule has 2 rings (SSSR count). The SMILES string of the molecule is Nc1cc(F)c2cc(CCl)sc2c1. The quantitative estimate of drug-likeness (QED) is 0.573. The lowest BCUT2D eigenvalue weighted by atomic mass is 10.2. The molecule has 4 heteroatoms. The molecule has 1 aromatic heterocycles. The van der Waals surface area contributed by atoms with E-state index in [2.05, 4.69) is 0 Å². The van der Waals surface area contributed by atoms with Crippen LogP contribution in [0.15, 0.2) is 18.2 Å². The lowest BCUT2D eigenvalue weighted by Crippen LogP contribution is -1.85. The maximum absolute atomic E-state index is 13.3. The summed E-state index contributed by atoms with van der Waals surface area (Å²) in [5.74, 6) is 0.140. The molecule has 0 fully saturated rings. The Kier molecular flexibility index (Phi) is 2.14. The van der Waals surface area contributed by atoms with Crippen LogP contribution in [-0.2, 0) is 5.88 Å². The van der Waals surface area contributed by atoms with Gasteiger partial charge >= 0.3 is 0 Å². The molecule has 0 aliphatic rings. The number of nitrogen functional groups attached to an aromatic ring is 1. The van der Waals surface area contributed by atoms with E-state index in [0.717, 1.165) is 9.58 Å². The van der Waals surface area contributed by atoms with Crippen molar-refractivity contribution in [2.24, 2.45) is 0 Å². The van der Waals surface area contributed by atoms with E-state index in [1.165, 1.54) is 17.4 Å². The number of nitrogens with two attached hydrogens (primary N) is 1. The van der Waals surface area contributed by atoms with Crippen molar-refractivity contribution in [3.63, 3.8) is 0 Å². The van der Waals surface area contributed by atoms with Gasteiger partial charge in [0.25, 0.3) is 0 Å². The lowest BCUT2D eigenvalue weighted by molar-refractivity contribution is 0.641. The highest BCUT2D eigenvalue weighted by Crippen LogP contribution is 2.30. The van der Waals surface area contributed by atoms with Crippen molar-refractivity contribution in [2.45, 2.75) is 5.88 Å². The molecule has 0 radical (unpaired) electrons.